The fraction of sp³-hybridized carbons (Fsp3) is 0.424. The van der Waals surface area contributed by atoms with Crippen LogP contribution < -0.4 is 20.1 Å². The highest BCUT2D eigenvalue weighted by molar-refractivity contribution is 7.99. The van der Waals surface area contributed by atoms with Crippen molar-refractivity contribution in [3.8, 4) is 5.75 Å². The number of halogens is 1. The number of carbonyl (C=O) groups excluding carboxylic acids is 2. The third-order valence-electron chi connectivity index (χ3n) is 6.94. The summed E-state index contributed by atoms with van der Waals surface area (Å²) < 4.78 is 10.7. The molecule has 0 spiro atoms. The average molecular weight is 658 g/mol. The quantitative estimate of drug-likeness (QED) is 0.0576. The van der Waals surface area contributed by atoms with Crippen molar-refractivity contribution in [1.29, 1.82) is 0 Å². The predicted molar refractivity (Wildman–Crippen MR) is 186 cm³/mol. The smallest absolute Gasteiger partial charge is 0.264 e. The SMILES string of the molecule is CCN(CCCC/C=C/C[C@H](C)CSNC(=O)c1cnn(C)c1)c1cc(C(N)=O)ccc1OCSCCc1cccc(Cl)c1. The van der Waals surface area contributed by atoms with Crippen LogP contribution in [0.5, 0.6) is 5.75 Å². The lowest BCUT2D eigenvalue weighted by Gasteiger charge is -2.26. The van der Waals surface area contributed by atoms with E-state index in [0.29, 0.717) is 23.0 Å². The molecule has 1 atom stereocenters. The maximum Gasteiger partial charge on any atom is 0.264 e. The highest BCUT2D eigenvalue weighted by Crippen LogP contribution is 2.31. The summed E-state index contributed by atoms with van der Waals surface area (Å²) in [4.78, 5) is 26.3. The number of benzene rings is 2. The molecule has 0 bridgehead atoms. The largest absolute Gasteiger partial charge is 0.481 e. The van der Waals surface area contributed by atoms with E-state index in [1.54, 1.807) is 42.0 Å². The van der Waals surface area contributed by atoms with Crippen molar-refractivity contribution in [2.24, 2.45) is 18.7 Å². The van der Waals surface area contributed by atoms with Crippen LogP contribution in [-0.2, 0) is 13.5 Å². The van der Waals surface area contributed by atoms with Gasteiger partial charge in [0.15, 0.2) is 0 Å². The van der Waals surface area contributed by atoms with Gasteiger partial charge in [0.25, 0.3) is 5.91 Å². The van der Waals surface area contributed by atoms with Crippen LogP contribution in [0.1, 0.15) is 65.8 Å². The number of allylic oxidation sites excluding steroid dienone is 2. The monoisotopic (exact) mass is 657 g/mol. The summed E-state index contributed by atoms with van der Waals surface area (Å²) in [6, 6.07) is 13.3. The standard InChI is InChI=1S/C33H44ClN5O3S2/c1-4-39(17-9-7-5-6-8-11-25(2)23-44-37-33(41)28-21-36-38(3)22-28)30-20-27(32(35)40)14-15-31(30)42-24-43-18-16-26-12-10-13-29(34)19-26/h6,8,10,12-15,19-22,25H,4-5,7,9,11,16-18,23-24H2,1-3H3,(H2,35,40)(H,37,41)/b8-6+/t25-/m0/s1. The molecule has 238 valence electrons. The number of ether oxygens (including phenoxy) is 1. The highest BCUT2D eigenvalue weighted by atomic mass is 35.5. The number of unbranched alkanes of at least 4 members (excludes halogenated alkanes) is 2. The summed E-state index contributed by atoms with van der Waals surface area (Å²) in [6.07, 6.45) is 12.7. The molecule has 0 aliphatic carbocycles. The van der Waals surface area contributed by atoms with Crippen molar-refractivity contribution in [1.82, 2.24) is 14.5 Å². The Balaban J connectivity index is 1.38. The molecule has 0 saturated heterocycles. The van der Waals surface area contributed by atoms with Gasteiger partial charge in [-0.05, 0) is 92.8 Å². The Kier molecular flexibility index (Phi) is 15.6. The molecule has 8 nitrogen and oxygen atoms in total. The van der Waals surface area contributed by atoms with Crippen LogP contribution in [0.3, 0.4) is 0 Å². The number of nitrogens with one attached hydrogen (secondary N) is 1. The molecule has 3 aromatic rings. The Morgan fingerprint density at radius 3 is 2.75 bits per heavy atom. The molecule has 1 aromatic heterocycles. The van der Waals surface area contributed by atoms with Crippen LogP contribution in [0, 0.1) is 5.92 Å². The number of amides is 2. The lowest BCUT2D eigenvalue weighted by atomic mass is 10.1. The minimum absolute atomic E-state index is 0.115. The number of aryl methyl sites for hydroxylation is 2. The maximum atomic E-state index is 12.1. The van der Waals surface area contributed by atoms with Gasteiger partial charge < -0.3 is 15.4 Å². The summed E-state index contributed by atoms with van der Waals surface area (Å²) in [5.74, 6) is 2.92. The van der Waals surface area contributed by atoms with Gasteiger partial charge in [0.2, 0.25) is 5.91 Å². The number of nitrogens with two attached hydrogens (primary N) is 1. The Bertz CT molecular complexity index is 1370. The molecule has 44 heavy (non-hydrogen) atoms. The van der Waals surface area contributed by atoms with Gasteiger partial charge >= 0.3 is 0 Å². The number of anilines is 1. The summed E-state index contributed by atoms with van der Waals surface area (Å²) in [6.45, 7) is 5.95. The third-order valence-corrected chi connectivity index (χ3v) is 9.02. The second kappa shape index (κ2) is 19.3. The predicted octanol–water partition coefficient (Wildman–Crippen LogP) is 7.14. The van der Waals surface area contributed by atoms with Gasteiger partial charge in [-0.3, -0.25) is 19.0 Å². The third kappa shape index (κ3) is 12.5. The summed E-state index contributed by atoms with van der Waals surface area (Å²) in [7, 11) is 1.79. The lowest BCUT2D eigenvalue weighted by Crippen LogP contribution is -2.25. The van der Waals surface area contributed by atoms with Crippen molar-refractivity contribution < 1.29 is 14.3 Å². The molecule has 2 amide bonds. The van der Waals surface area contributed by atoms with Crippen molar-refractivity contribution >= 4 is 52.8 Å². The molecule has 0 aliphatic rings. The van der Waals surface area contributed by atoms with Crippen molar-refractivity contribution in [3.63, 3.8) is 0 Å². The Morgan fingerprint density at radius 1 is 1.18 bits per heavy atom. The van der Waals surface area contributed by atoms with Crippen LogP contribution in [0.15, 0.2) is 67.0 Å². The summed E-state index contributed by atoms with van der Waals surface area (Å²) >= 11 is 9.25. The van der Waals surface area contributed by atoms with Gasteiger partial charge in [0.1, 0.15) is 11.7 Å². The molecule has 0 saturated carbocycles. The van der Waals surface area contributed by atoms with Crippen LogP contribution in [0.4, 0.5) is 5.69 Å². The van der Waals surface area contributed by atoms with Crippen LogP contribution in [0.25, 0.3) is 0 Å². The minimum atomic E-state index is -0.446. The first kappa shape index (κ1) is 35.4. The van der Waals surface area contributed by atoms with Crippen LogP contribution >= 0.6 is 35.3 Å². The first-order chi connectivity index (χ1) is 21.3. The van der Waals surface area contributed by atoms with E-state index in [4.69, 9.17) is 22.1 Å². The van der Waals surface area contributed by atoms with E-state index in [-0.39, 0.29) is 5.91 Å². The zero-order valence-electron chi connectivity index (χ0n) is 25.8. The molecule has 0 unspecified atom stereocenters. The average Bonchev–Trinajstić information content (AvgIpc) is 3.45. The number of thioether (sulfide) groups is 1. The second-order valence-electron chi connectivity index (χ2n) is 10.6. The van der Waals surface area contributed by atoms with Crippen molar-refractivity contribution in [2.75, 3.05) is 35.4 Å². The molecular formula is C33H44ClN5O3S2. The Morgan fingerprint density at radius 2 is 2.02 bits per heavy atom. The molecule has 1 heterocycles. The minimum Gasteiger partial charge on any atom is -0.481 e. The van der Waals surface area contributed by atoms with Gasteiger partial charge in [0, 0.05) is 48.4 Å². The van der Waals surface area contributed by atoms with E-state index in [2.05, 4.69) is 46.8 Å². The van der Waals surface area contributed by atoms with Gasteiger partial charge in [-0.1, -0.05) is 42.8 Å². The summed E-state index contributed by atoms with van der Waals surface area (Å²) in [5, 5.41) is 4.78. The zero-order chi connectivity index (χ0) is 31.7. The molecule has 0 aliphatic heterocycles. The van der Waals surface area contributed by atoms with E-state index < -0.39 is 5.91 Å². The number of hydrogen-bond donors (Lipinski definition) is 2. The molecule has 0 radical (unpaired) electrons. The Labute approximate surface area is 275 Å². The zero-order valence-corrected chi connectivity index (χ0v) is 28.2. The van der Waals surface area contributed by atoms with Gasteiger partial charge in [-0.15, -0.1) is 11.8 Å². The number of rotatable bonds is 20. The van der Waals surface area contributed by atoms with Gasteiger partial charge in [-0.2, -0.15) is 5.10 Å². The molecule has 11 heteroatoms. The van der Waals surface area contributed by atoms with Gasteiger partial charge in [0.05, 0.1) is 17.4 Å². The fourth-order valence-corrected chi connectivity index (χ4v) is 6.14. The van der Waals surface area contributed by atoms with Crippen LogP contribution in [0.2, 0.25) is 5.02 Å². The Hall–Kier alpha value is -3.08. The topological polar surface area (TPSA) is 102 Å². The van der Waals surface area contributed by atoms with E-state index in [1.807, 2.05) is 30.3 Å². The first-order valence-corrected chi connectivity index (χ1v) is 17.5. The number of carbonyl (C=O) groups is 2. The lowest BCUT2D eigenvalue weighted by molar-refractivity contribution is 0.0980. The van der Waals surface area contributed by atoms with E-state index >= 15 is 0 Å². The van der Waals surface area contributed by atoms with E-state index in [9.17, 15) is 9.59 Å². The fourth-order valence-electron chi connectivity index (χ4n) is 4.46. The number of aromatic nitrogens is 2. The van der Waals surface area contributed by atoms with Crippen molar-refractivity contribution in [3.05, 3.63) is 88.7 Å². The molecule has 3 N–H and O–H groups in total. The first-order valence-electron chi connectivity index (χ1n) is 15.0. The van der Waals surface area contributed by atoms with Crippen LogP contribution in [-0.4, -0.2) is 52.1 Å². The molecule has 0 fully saturated rings. The molecule has 2 aromatic carbocycles. The molecular weight excluding hydrogens is 614 g/mol. The van der Waals surface area contributed by atoms with E-state index in [0.717, 1.165) is 73.2 Å². The number of nitrogens with zero attached hydrogens (tertiary/aromatic N) is 3. The van der Waals surface area contributed by atoms with E-state index in [1.165, 1.54) is 17.5 Å². The summed E-state index contributed by atoms with van der Waals surface area (Å²) in [5.41, 5.74) is 8.75. The number of hydrogen-bond acceptors (Lipinski definition) is 7. The van der Waals surface area contributed by atoms with Crippen molar-refractivity contribution in [2.45, 2.75) is 46.0 Å². The molecule has 3 rings (SSSR count). The highest BCUT2D eigenvalue weighted by Gasteiger charge is 2.14. The number of primary amides is 1. The maximum absolute atomic E-state index is 12.1. The van der Waals surface area contributed by atoms with Gasteiger partial charge in [-0.25, -0.2) is 0 Å². The second-order valence-corrected chi connectivity index (χ2v) is 12.9. The normalized spacial score (nSPS) is 11.9.